The Morgan fingerprint density at radius 2 is 1.45 bits per heavy atom. The van der Waals surface area contributed by atoms with Crippen molar-refractivity contribution in [3.8, 4) is 22.8 Å². The Labute approximate surface area is 400 Å². The van der Waals surface area contributed by atoms with Crippen molar-refractivity contribution in [2.75, 3.05) is 82.6 Å². The van der Waals surface area contributed by atoms with Gasteiger partial charge in [0.25, 0.3) is 11.8 Å². The SMILES string of the molecule is Nc1ncnc2c1c(-c1ccc(Oc3ccccc3)cc1)nn2C1CCCN(C2CCN(C(=O)N3CCN(CC4CCN(c5ccc6c(c5)C(=O)N(C5CCC(=O)NC5=O)C6=O)CC4)CC3)CC2)C1. The first-order chi connectivity index (χ1) is 33.6. The molecule has 3 aromatic carbocycles. The Balaban J connectivity index is 0.639. The van der Waals surface area contributed by atoms with Crippen molar-refractivity contribution >= 4 is 52.2 Å². The molecule has 69 heavy (non-hydrogen) atoms. The van der Waals surface area contributed by atoms with Crippen LogP contribution in [0.1, 0.15) is 78.1 Å². The quantitative estimate of drug-likeness (QED) is 0.187. The zero-order valence-electron chi connectivity index (χ0n) is 38.7. The number of nitrogens with one attached hydrogen (secondary N) is 1. The summed E-state index contributed by atoms with van der Waals surface area (Å²) in [5, 5.41) is 8.19. The summed E-state index contributed by atoms with van der Waals surface area (Å²) in [4.78, 5) is 86.1. The summed E-state index contributed by atoms with van der Waals surface area (Å²) in [6.45, 7) is 9.20. The molecule has 2 unspecified atom stereocenters. The minimum Gasteiger partial charge on any atom is -0.457 e. The lowest BCUT2D eigenvalue weighted by atomic mass is 9.95. The Kier molecular flexibility index (Phi) is 12.2. The van der Waals surface area contributed by atoms with Crippen molar-refractivity contribution in [3.63, 3.8) is 0 Å². The van der Waals surface area contributed by atoms with E-state index in [4.69, 9.17) is 20.6 Å². The second-order valence-corrected chi connectivity index (χ2v) is 19.4. The van der Waals surface area contributed by atoms with Crippen LogP contribution >= 0.6 is 0 Å². The molecule has 5 saturated heterocycles. The largest absolute Gasteiger partial charge is 0.457 e. The van der Waals surface area contributed by atoms with E-state index in [9.17, 15) is 24.0 Å². The summed E-state index contributed by atoms with van der Waals surface area (Å²) in [5.74, 6) is 0.473. The van der Waals surface area contributed by atoms with E-state index in [-0.39, 0.29) is 24.9 Å². The smallest absolute Gasteiger partial charge is 0.320 e. The summed E-state index contributed by atoms with van der Waals surface area (Å²) < 4.78 is 8.10. The molecular weight excluding hydrogens is 877 g/mol. The highest BCUT2D eigenvalue weighted by molar-refractivity contribution is 6.23. The number of anilines is 2. The maximum Gasteiger partial charge on any atom is 0.320 e. The maximum atomic E-state index is 13.8. The molecule has 0 saturated carbocycles. The summed E-state index contributed by atoms with van der Waals surface area (Å²) in [6.07, 6.45) is 7.66. The molecule has 0 radical (unpaired) electrons. The number of nitrogens with zero attached hydrogens (tertiary/aromatic N) is 10. The van der Waals surface area contributed by atoms with Gasteiger partial charge in [0.2, 0.25) is 11.8 Å². The van der Waals surface area contributed by atoms with Crippen LogP contribution < -0.4 is 20.7 Å². The molecule has 5 fully saturated rings. The van der Waals surface area contributed by atoms with Crippen molar-refractivity contribution in [2.24, 2.45) is 5.92 Å². The lowest BCUT2D eigenvalue weighted by Crippen LogP contribution is -2.56. The average Bonchev–Trinajstić information content (AvgIpc) is 3.89. The van der Waals surface area contributed by atoms with Gasteiger partial charge in [0.1, 0.15) is 35.4 Å². The van der Waals surface area contributed by atoms with Crippen LogP contribution in [0.3, 0.4) is 0 Å². The molecule has 6 aliphatic rings. The third-order valence-electron chi connectivity index (χ3n) is 15.2. The number of amides is 6. The van der Waals surface area contributed by atoms with E-state index >= 15 is 0 Å². The molecule has 5 aromatic rings. The van der Waals surface area contributed by atoms with E-state index in [0.29, 0.717) is 28.9 Å². The van der Waals surface area contributed by atoms with Gasteiger partial charge in [-0.3, -0.25) is 39.2 Å². The molecule has 11 rings (SSSR count). The lowest BCUT2D eigenvalue weighted by molar-refractivity contribution is -0.136. The zero-order chi connectivity index (χ0) is 47.2. The number of aromatic nitrogens is 4. The number of para-hydroxylation sites is 1. The van der Waals surface area contributed by atoms with E-state index in [1.165, 1.54) is 6.33 Å². The molecule has 2 aromatic heterocycles. The zero-order valence-corrected chi connectivity index (χ0v) is 38.7. The topological polar surface area (TPSA) is 196 Å². The number of imide groups is 2. The molecular formula is C51H58N12O6. The van der Waals surface area contributed by atoms with Crippen molar-refractivity contribution in [2.45, 2.75) is 69.5 Å². The normalized spacial score (nSPS) is 22.4. The summed E-state index contributed by atoms with van der Waals surface area (Å²) in [5.41, 5.74) is 10.4. The Hall–Kier alpha value is -6.92. The van der Waals surface area contributed by atoms with Crippen LogP contribution in [-0.2, 0) is 9.59 Å². The number of ether oxygens (including phenoxy) is 1. The first kappa shape index (κ1) is 44.6. The summed E-state index contributed by atoms with van der Waals surface area (Å²) >= 11 is 0. The molecule has 0 bridgehead atoms. The monoisotopic (exact) mass is 934 g/mol. The number of fused-ring (bicyclic) bond motifs is 2. The molecule has 0 spiro atoms. The maximum absolute atomic E-state index is 13.8. The van der Waals surface area contributed by atoms with Gasteiger partial charge in [-0.2, -0.15) is 5.10 Å². The van der Waals surface area contributed by atoms with Gasteiger partial charge in [-0.05, 0) is 112 Å². The number of nitrogens with two attached hydrogens (primary N) is 1. The van der Waals surface area contributed by atoms with E-state index in [0.717, 1.165) is 155 Å². The van der Waals surface area contributed by atoms with Crippen molar-refractivity contribution in [1.82, 2.24) is 49.6 Å². The van der Waals surface area contributed by atoms with Gasteiger partial charge >= 0.3 is 6.03 Å². The number of carbonyl (C=O) groups is 5. The van der Waals surface area contributed by atoms with Crippen LogP contribution in [0.25, 0.3) is 22.3 Å². The van der Waals surface area contributed by atoms with Crippen LogP contribution in [0.2, 0.25) is 0 Å². The summed E-state index contributed by atoms with van der Waals surface area (Å²) in [7, 11) is 0. The van der Waals surface area contributed by atoms with Gasteiger partial charge in [-0.1, -0.05) is 18.2 Å². The minimum absolute atomic E-state index is 0.0902. The fourth-order valence-electron chi connectivity index (χ4n) is 11.4. The second-order valence-electron chi connectivity index (χ2n) is 19.4. The molecule has 18 heteroatoms. The highest BCUT2D eigenvalue weighted by atomic mass is 16.5. The number of carbonyl (C=O) groups excluding carboxylic acids is 5. The number of hydrogen-bond acceptors (Lipinski definition) is 13. The Morgan fingerprint density at radius 3 is 2.20 bits per heavy atom. The standard InChI is InChI=1S/C51H58N12O6/c52-46-44-45(34-8-11-39(12-9-34)69-38-6-2-1-3-7-38)56-63(47(44)54-32-53-46)37-5-4-20-61(31-37)35-18-23-59(24-19-35)51(68)60-27-25-57(26-28-60)30-33-16-21-58(22-17-33)36-10-13-40-41(29-36)50(67)62(49(40)66)42-14-15-43(64)55-48(42)65/h1-3,6-13,29,32-33,35,37,42H,4-5,14-28,30-31H2,(H2,52,53,54)(H,55,64,65). The molecule has 3 N–H and O–H groups in total. The fraction of sp³-hybridized carbons (Fsp3) is 0.451. The van der Waals surface area contributed by atoms with E-state index in [2.05, 4.69) is 34.6 Å². The van der Waals surface area contributed by atoms with E-state index in [1.807, 2.05) is 65.6 Å². The second kappa shape index (κ2) is 18.9. The van der Waals surface area contributed by atoms with Crippen LogP contribution in [0.15, 0.2) is 79.1 Å². The molecule has 2 atom stereocenters. The van der Waals surface area contributed by atoms with Gasteiger partial charge in [0.05, 0.1) is 22.6 Å². The number of piperazine rings is 1. The highest BCUT2D eigenvalue weighted by Crippen LogP contribution is 2.37. The van der Waals surface area contributed by atoms with E-state index in [1.54, 1.807) is 12.1 Å². The van der Waals surface area contributed by atoms with Crippen LogP contribution in [0.4, 0.5) is 16.3 Å². The van der Waals surface area contributed by atoms with Gasteiger partial charge in [0, 0.05) is 89.2 Å². The predicted octanol–water partition coefficient (Wildman–Crippen LogP) is 5.02. The van der Waals surface area contributed by atoms with Crippen molar-refractivity contribution in [3.05, 3.63) is 90.3 Å². The molecule has 6 amide bonds. The average molecular weight is 935 g/mol. The first-order valence-electron chi connectivity index (χ1n) is 24.6. The van der Waals surface area contributed by atoms with Crippen LogP contribution in [-0.4, -0.2) is 158 Å². The molecule has 8 heterocycles. The van der Waals surface area contributed by atoms with Crippen molar-refractivity contribution < 1.29 is 28.7 Å². The highest BCUT2D eigenvalue weighted by Gasteiger charge is 2.45. The summed E-state index contributed by atoms with van der Waals surface area (Å²) in [6, 6.07) is 22.7. The molecule has 18 nitrogen and oxygen atoms in total. The third-order valence-corrected chi connectivity index (χ3v) is 15.2. The number of rotatable bonds is 9. The number of urea groups is 1. The lowest BCUT2D eigenvalue weighted by Gasteiger charge is -2.44. The first-order valence-corrected chi connectivity index (χ1v) is 24.6. The number of nitrogen functional groups attached to an aromatic ring is 1. The van der Waals surface area contributed by atoms with Gasteiger partial charge in [0.15, 0.2) is 5.65 Å². The van der Waals surface area contributed by atoms with Crippen LogP contribution in [0.5, 0.6) is 11.5 Å². The third kappa shape index (κ3) is 8.86. The Morgan fingerprint density at radius 1 is 0.725 bits per heavy atom. The van der Waals surface area contributed by atoms with Crippen LogP contribution in [0, 0.1) is 5.92 Å². The van der Waals surface area contributed by atoms with Gasteiger partial charge in [-0.25, -0.2) is 19.4 Å². The number of piperidine rings is 4. The fourth-order valence-corrected chi connectivity index (χ4v) is 11.4. The van der Waals surface area contributed by atoms with Crippen molar-refractivity contribution in [1.29, 1.82) is 0 Å². The van der Waals surface area contributed by atoms with Gasteiger partial charge < -0.3 is 25.2 Å². The molecule has 0 aliphatic carbocycles. The number of benzene rings is 3. The number of hydrogen-bond donors (Lipinski definition) is 2. The predicted molar refractivity (Wildman–Crippen MR) is 258 cm³/mol. The Bertz CT molecular complexity index is 2760. The molecule has 358 valence electrons. The minimum atomic E-state index is -0.977. The number of likely N-dealkylation sites (tertiary alicyclic amines) is 2. The molecule has 6 aliphatic heterocycles. The van der Waals surface area contributed by atoms with E-state index < -0.39 is 29.7 Å². The van der Waals surface area contributed by atoms with Gasteiger partial charge in [-0.15, -0.1) is 0 Å².